The molecule has 0 aromatic heterocycles. The Hall–Kier alpha value is -0.460. The summed E-state index contributed by atoms with van der Waals surface area (Å²) in [6, 6.07) is -0.127. The van der Waals surface area contributed by atoms with Crippen LogP contribution in [0.15, 0.2) is 0 Å². The molecule has 2 amide bonds. The summed E-state index contributed by atoms with van der Waals surface area (Å²) in [6.07, 6.45) is 2.11. The lowest BCUT2D eigenvalue weighted by molar-refractivity contribution is -0.123. The lowest BCUT2D eigenvalue weighted by atomic mass is 10.1. The van der Waals surface area contributed by atoms with Gasteiger partial charge in [-0.25, -0.2) is 0 Å². The van der Waals surface area contributed by atoms with Crippen LogP contribution in [0, 0.1) is 0 Å². The van der Waals surface area contributed by atoms with Crippen LogP contribution in [0.4, 0.5) is 4.79 Å². The zero-order valence-electron chi connectivity index (χ0n) is 8.82. The highest BCUT2D eigenvalue weighted by atomic mass is 35.5. The number of amides is 2. The number of rotatable bonds is 2. The molecule has 0 aliphatic carbocycles. The summed E-state index contributed by atoms with van der Waals surface area (Å²) in [5.41, 5.74) is 0. The maximum absolute atomic E-state index is 11.7. The first-order chi connectivity index (χ1) is 7.25. The van der Waals surface area contributed by atoms with Gasteiger partial charge in [-0.05, 0) is 19.4 Å². The number of thioether (sulfide) groups is 1. The van der Waals surface area contributed by atoms with Crippen LogP contribution in [-0.4, -0.2) is 42.1 Å². The first kappa shape index (κ1) is 13.6. The molecule has 2 aliphatic rings. The number of piperidine rings is 1. The standard InChI is InChI=1S/C9H15N3O2S.ClH/c13-8(7-5-15-9(14)12-7)11-6-2-1-3-10-4-6;/h6-7,10H,1-5H2,(H,11,13)(H,12,14);1H/t6-,7-;/m0./s1. The number of carbonyl (C=O) groups is 2. The average molecular weight is 266 g/mol. The zero-order valence-corrected chi connectivity index (χ0v) is 10.5. The lowest BCUT2D eigenvalue weighted by Gasteiger charge is -2.24. The van der Waals surface area contributed by atoms with Crippen molar-refractivity contribution in [2.45, 2.75) is 24.9 Å². The predicted octanol–water partition coefficient (Wildman–Crippen LogP) is 0.101. The van der Waals surface area contributed by atoms with Gasteiger partial charge in [0, 0.05) is 18.3 Å². The Bertz CT molecular complexity index is 271. The first-order valence-corrected chi connectivity index (χ1v) is 6.18. The van der Waals surface area contributed by atoms with E-state index in [1.165, 1.54) is 11.8 Å². The van der Waals surface area contributed by atoms with E-state index in [1.54, 1.807) is 0 Å². The quantitative estimate of drug-likeness (QED) is 0.663. The summed E-state index contributed by atoms with van der Waals surface area (Å²) in [6.45, 7) is 1.86. The minimum absolute atomic E-state index is 0. The van der Waals surface area contributed by atoms with Gasteiger partial charge < -0.3 is 16.0 Å². The molecule has 0 unspecified atom stereocenters. The molecule has 2 aliphatic heterocycles. The Labute approximate surface area is 105 Å². The number of carbonyl (C=O) groups excluding carboxylic acids is 2. The van der Waals surface area contributed by atoms with E-state index in [2.05, 4.69) is 16.0 Å². The molecule has 0 aromatic rings. The van der Waals surface area contributed by atoms with Gasteiger partial charge >= 0.3 is 0 Å². The monoisotopic (exact) mass is 265 g/mol. The van der Waals surface area contributed by atoms with Gasteiger partial charge in [0.25, 0.3) is 5.24 Å². The van der Waals surface area contributed by atoms with Gasteiger partial charge in [-0.2, -0.15) is 0 Å². The molecule has 2 heterocycles. The van der Waals surface area contributed by atoms with Gasteiger partial charge in [0.2, 0.25) is 5.91 Å². The van der Waals surface area contributed by atoms with Crippen molar-refractivity contribution >= 4 is 35.3 Å². The maximum Gasteiger partial charge on any atom is 0.279 e. The van der Waals surface area contributed by atoms with Crippen LogP contribution in [0.1, 0.15) is 12.8 Å². The highest BCUT2D eigenvalue weighted by Crippen LogP contribution is 2.13. The van der Waals surface area contributed by atoms with Gasteiger partial charge in [-0.3, -0.25) is 9.59 Å². The maximum atomic E-state index is 11.7. The van der Waals surface area contributed by atoms with E-state index < -0.39 is 0 Å². The second-order valence-corrected chi connectivity index (χ2v) is 4.84. The van der Waals surface area contributed by atoms with Crippen LogP contribution < -0.4 is 16.0 Å². The summed E-state index contributed by atoms with van der Waals surface area (Å²) >= 11 is 1.17. The van der Waals surface area contributed by atoms with Gasteiger partial charge in [-0.1, -0.05) is 11.8 Å². The Morgan fingerprint density at radius 3 is 2.88 bits per heavy atom. The predicted molar refractivity (Wildman–Crippen MR) is 66.1 cm³/mol. The molecule has 7 heteroatoms. The fourth-order valence-electron chi connectivity index (χ4n) is 1.80. The van der Waals surface area contributed by atoms with Crippen molar-refractivity contribution in [3.8, 4) is 0 Å². The molecule has 0 bridgehead atoms. The normalized spacial score (nSPS) is 29.1. The molecule has 0 aromatic carbocycles. The van der Waals surface area contributed by atoms with Crippen molar-refractivity contribution in [1.29, 1.82) is 0 Å². The zero-order chi connectivity index (χ0) is 10.7. The summed E-state index contributed by atoms with van der Waals surface area (Å²) in [4.78, 5) is 22.6. The molecular weight excluding hydrogens is 250 g/mol. The van der Waals surface area contributed by atoms with E-state index in [4.69, 9.17) is 0 Å². The molecule has 0 spiro atoms. The molecule has 3 N–H and O–H groups in total. The number of hydrogen-bond acceptors (Lipinski definition) is 4. The molecular formula is C9H16ClN3O2S. The summed E-state index contributed by atoms with van der Waals surface area (Å²) < 4.78 is 0. The second-order valence-electron chi connectivity index (χ2n) is 3.85. The fraction of sp³-hybridized carbons (Fsp3) is 0.778. The Morgan fingerprint density at radius 2 is 2.31 bits per heavy atom. The van der Waals surface area contributed by atoms with Gasteiger partial charge in [0.05, 0.1) is 0 Å². The van der Waals surface area contributed by atoms with Crippen LogP contribution in [0.3, 0.4) is 0 Å². The molecule has 92 valence electrons. The van der Waals surface area contributed by atoms with Crippen molar-refractivity contribution in [2.75, 3.05) is 18.8 Å². The van der Waals surface area contributed by atoms with E-state index in [0.29, 0.717) is 5.75 Å². The van der Waals surface area contributed by atoms with E-state index in [1.807, 2.05) is 0 Å². The van der Waals surface area contributed by atoms with Crippen LogP contribution in [0.25, 0.3) is 0 Å². The van der Waals surface area contributed by atoms with Gasteiger partial charge in [0.15, 0.2) is 0 Å². The van der Waals surface area contributed by atoms with E-state index in [0.717, 1.165) is 25.9 Å². The molecule has 2 rings (SSSR count). The van der Waals surface area contributed by atoms with Crippen molar-refractivity contribution in [2.24, 2.45) is 0 Å². The van der Waals surface area contributed by atoms with E-state index in [-0.39, 0.29) is 35.6 Å². The number of nitrogens with one attached hydrogen (secondary N) is 3. The van der Waals surface area contributed by atoms with Gasteiger partial charge in [0.1, 0.15) is 6.04 Å². The highest BCUT2D eigenvalue weighted by Gasteiger charge is 2.29. The molecule has 0 radical (unpaired) electrons. The van der Waals surface area contributed by atoms with Crippen LogP contribution >= 0.6 is 24.2 Å². The first-order valence-electron chi connectivity index (χ1n) is 5.20. The lowest BCUT2D eigenvalue weighted by Crippen LogP contribution is -2.51. The summed E-state index contributed by atoms with van der Waals surface area (Å²) in [5, 5.41) is 8.72. The van der Waals surface area contributed by atoms with Crippen molar-refractivity contribution < 1.29 is 9.59 Å². The van der Waals surface area contributed by atoms with E-state index in [9.17, 15) is 9.59 Å². The Morgan fingerprint density at radius 1 is 1.50 bits per heavy atom. The summed E-state index contributed by atoms with van der Waals surface area (Å²) in [7, 11) is 0. The molecule has 2 saturated heterocycles. The molecule has 0 saturated carbocycles. The smallest absolute Gasteiger partial charge is 0.279 e. The topological polar surface area (TPSA) is 70.2 Å². The minimum Gasteiger partial charge on any atom is -0.350 e. The third-order valence-electron chi connectivity index (χ3n) is 2.63. The summed E-state index contributed by atoms with van der Waals surface area (Å²) in [5.74, 6) is 0.493. The van der Waals surface area contributed by atoms with Crippen LogP contribution in [-0.2, 0) is 4.79 Å². The number of hydrogen-bond donors (Lipinski definition) is 3. The van der Waals surface area contributed by atoms with Crippen LogP contribution in [0.5, 0.6) is 0 Å². The molecule has 2 fully saturated rings. The third kappa shape index (κ3) is 3.54. The largest absolute Gasteiger partial charge is 0.350 e. The fourth-order valence-corrected chi connectivity index (χ4v) is 2.58. The third-order valence-corrected chi connectivity index (χ3v) is 3.51. The highest BCUT2D eigenvalue weighted by molar-refractivity contribution is 8.14. The molecule has 2 atom stereocenters. The second kappa shape index (κ2) is 6.32. The molecule has 5 nitrogen and oxygen atoms in total. The van der Waals surface area contributed by atoms with Gasteiger partial charge in [-0.15, -0.1) is 12.4 Å². The Balaban J connectivity index is 0.00000128. The Kier molecular flexibility index (Phi) is 5.37. The van der Waals surface area contributed by atoms with Crippen molar-refractivity contribution in [1.82, 2.24) is 16.0 Å². The van der Waals surface area contributed by atoms with E-state index >= 15 is 0 Å². The number of halogens is 1. The minimum atomic E-state index is -0.343. The molecule has 16 heavy (non-hydrogen) atoms. The average Bonchev–Trinajstić information content (AvgIpc) is 2.66. The van der Waals surface area contributed by atoms with Crippen molar-refractivity contribution in [3.63, 3.8) is 0 Å². The van der Waals surface area contributed by atoms with Crippen LogP contribution in [0.2, 0.25) is 0 Å². The van der Waals surface area contributed by atoms with Crippen molar-refractivity contribution in [3.05, 3.63) is 0 Å². The SMILES string of the molecule is Cl.O=C1N[C@H](C(=O)N[C@H]2CCCNC2)CS1.